The van der Waals surface area contributed by atoms with Gasteiger partial charge in [0.15, 0.2) is 0 Å². The molecule has 0 aliphatic carbocycles. The van der Waals surface area contributed by atoms with E-state index in [1.54, 1.807) is 0 Å². The highest BCUT2D eigenvalue weighted by Gasteiger charge is 1.86. The average Bonchev–Trinajstić information content (AvgIpc) is 1.96. The summed E-state index contributed by atoms with van der Waals surface area (Å²) >= 11 is 0. The lowest BCUT2D eigenvalue weighted by Crippen LogP contribution is -1.76. The molecule has 0 rings (SSSR count). The van der Waals surface area contributed by atoms with Crippen molar-refractivity contribution in [3.05, 3.63) is 18.6 Å². The molecule has 0 unspecified atom stereocenters. The molecule has 65 valence electrons. The van der Waals surface area contributed by atoms with Gasteiger partial charge in [0.05, 0.1) is 0 Å². The summed E-state index contributed by atoms with van der Waals surface area (Å²) in [5.41, 5.74) is 1.45. The molecular weight excluding hydrogens is 132 g/mol. The first-order valence-corrected chi connectivity index (χ1v) is 4.70. The monoisotopic (exact) mass is 153 g/mol. The number of unbranched alkanes of at least 4 members (excludes halogenated alkanes) is 5. The molecule has 0 aliphatic heterocycles. The predicted molar refractivity (Wildman–Crippen MR) is 52.5 cm³/mol. The Morgan fingerprint density at radius 3 is 2.27 bits per heavy atom. The van der Waals surface area contributed by atoms with Gasteiger partial charge in [-0.2, -0.15) is 0 Å². The molecule has 0 aliphatic rings. The number of rotatable bonds is 6. The second kappa shape index (κ2) is 7.84. The van der Waals surface area contributed by atoms with Gasteiger partial charge in [-0.15, -0.1) is 0 Å². The molecule has 0 heterocycles. The average molecular weight is 153 g/mol. The largest absolute Gasteiger partial charge is 0.0859 e. The third-order valence-electron chi connectivity index (χ3n) is 1.76. The van der Waals surface area contributed by atoms with Crippen molar-refractivity contribution in [3.63, 3.8) is 0 Å². The Labute approximate surface area is 71.7 Å². The lowest BCUT2D eigenvalue weighted by molar-refractivity contribution is 0.650. The van der Waals surface area contributed by atoms with Crippen LogP contribution < -0.4 is 0 Å². The van der Waals surface area contributed by atoms with Crippen LogP contribution in [-0.2, 0) is 0 Å². The Morgan fingerprint density at radius 2 is 1.73 bits per heavy atom. The molecule has 0 N–H and O–H groups in total. The summed E-state index contributed by atoms with van der Waals surface area (Å²) in [5, 5.41) is 0. The van der Waals surface area contributed by atoms with E-state index in [2.05, 4.69) is 26.8 Å². The van der Waals surface area contributed by atoms with Crippen molar-refractivity contribution >= 4 is 0 Å². The molecule has 11 heavy (non-hydrogen) atoms. The Balaban J connectivity index is 2.97. The minimum Gasteiger partial charge on any atom is -0.0859 e. The summed E-state index contributed by atoms with van der Waals surface area (Å²) in [7, 11) is 0. The maximum atomic E-state index is 3.82. The molecule has 0 saturated heterocycles. The van der Waals surface area contributed by atoms with E-state index in [4.69, 9.17) is 0 Å². The van der Waals surface area contributed by atoms with Gasteiger partial charge in [-0.1, -0.05) is 44.3 Å². The van der Waals surface area contributed by atoms with Gasteiger partial charge in [-0.25, -0.2) is 0 Å². The van der Waals surface area contributed by atoms with E-state index in [0.29, 0.717) is 0 Å². The molecular formula is C11H21. The molecule has 0 heteroatoms. The van der Waals surface area contributed by atoms with Gasteiger partial charge in [0.25, 0.3) is 0 Å². The lowest BCUT2D eigenvalue weighted by atomic mass is 10.1. The minimum absolute atomic E-state index is 1.10. The van der Waals surface area contributed by atoms with Crippen molar-refractivity contribution in [2.24, 2.45) is 0 Å². The fourth-order valence-corrected chi connectivity index (χ4v) is 1.07. The highest BCUT2D eigenvalue weighted by Crippen LogP contribution is 2.06. The highest BCUT2D eigenvalue weighted by molar-refractivity contribution is 4.92. The molecule has 0 aromatic heterocycles. The summed E-state index contributed by atoms with van der Waals surface area (Å²) in [4.78, 5) is 0. The van der Waals surface area contributed by atoms with E-state index in [-0.39, 0.29) is 0 Å². The van der Waals surface area contributed by atoms with Gasteiger partial charge in [-0.05, 0) is 26.7 Å². The summed E-state index contributed by atoms with van der Waals surface area (Å²) in [5.74, 6) is 0. The fourth-order valence-electron chi connectivity index (χ4n) is 1.07. The van der Waals surface area contributed by atoms with Gasteiger partial charge in [-0.3, -0.25) is 0 Å². The standard InChI is InChI=1S/C11H21/c1-4-5-6-7-8-9-10-11(2)3/h10H,1,4-9H2,2-3H3. The first kappa shape index (κ1) is 10.7. The molecule has 0 saturated carbocycles. The van der Waals surface area contributed by atoms with Crippen molar-refractivity contribution in [2.75, 3.05) is 0 Å². The van der Waals surface area contributed by atoms with Crippen LogP contribution in [0.2, 0.25) is 0 Å². The quantitative estimate of drug-likeness (QED) is 0.397. The van der Waals surface area contributed by atoms with E-state index >= 15 is 0 Å². The Kier molecular flexibility index (Phi) is 7.66. The van der Waals surface area contributed by atoms with Crippen LogP contribution >= 0.6 is 0 Å². The van der Waals surface area contributed by atoms with E-state index in [9.17, 15) is 0 Å². The zero-order valence-corrected chi connectivity index (χ0v) is 8.03. The van der Waals surface area contributed by atoms with Crippen LogP contribution in [0, 0.1) is 6.92 Å². The summed E-state index contributed by atoms with van der Waals surface area (Å²) in [6.45, 7) is 8.15. The van der Waals surface area contributed by atoms with Gasteiger partial charge in [0, 0.05) is 0 Å². The second-order valence-corrected chi connectivity index (χ2v) is 3.34. The SMILES string of the molecule is [CH2]CCCCCCC=C(C)C. The summed E-state index contributed by atoms with van der Waals surface area (Å²) in [6.07, 6.45) is 10.1. The second-order valence-electron chi connectivity index (χ2n) is 3.34. The third kappa shape index (κ3) is 9.74. The molecule has 0 amide bonds. The van der Waals surface area contributed by atoms with Crippen LogP contribution in [0.15, 0.2) is 11.6 Å². The van der Waals surface area contributed by atoms with Crippen LogP contribution in [0.3, 0.4) is 0 Å². The van der Waals surface area contributed by atoms with Gasteiger partial charge >= 0.3 is 0 Å². The van der Waals surface area contributed by atoms with Crippen molar-refractivity contribution in [2.45, 2.75) is 52.4 Å². The van der Waals surface area contributed by atoms with Crippen molar-refractivity contribution in [3.8, 4) is 0 Å². The maximum Gasteiger partial charge on any atom is -0.0348 e. The van der Waals surface area contributed by atoms with Gasteiger partial charge in [0.1, 0.15) is 0 Å². The summed E-state index contributed by atoms with van der Waals surface area (Å²) in [6, 6.07) is 0. The fraction of sp³-hybridized carbons (Fsp3) is 0.727. The zero-order valence-electron chi connectivity index (χ0n) is 8.03. The maximum absolute atomic E-state index is 3.82. The van der Waals surface area contributed by atoms with Gasteiger partial charge < -0.3 is 0 Å². The lowest BCUT2D eigenvalue weighted by Gasteiger charge is -1.96. The van der Waals surface area contributed by atoms with Crippen LogP contribution in [0.25, 0.3) is 0 Å². The molecule has 0 aromatic carbocycles. The Hall–Kier alpha value is -0.260. The van der Waals surface area contributed by atoms with E-state index in [0.717, 1.165) is 6.42 Å². The minimum atomic E-state index is 1.10. The van der Waals surface area contributed by atoms with Crippen molar-refractivity contribution in [1.82, 2.24) is 0 Å². The van der Waals surface area contributed by atoms with E-state index < -0.39 is 0 Å². The number of hydrogen-bond acceptors (Lipinski definition) is 0. The molecule has 0 atom stereocenters. The van der Waals surface area contributed by atoms with E-state index in [1.807, 2.05) is 0 Å². The van der Waals surface area contributed by atoms with E-state index in [1.165, 1.54) is 37.7 Å². The van der Waals surface area contributed by atoms with Crippen LogP contribution in [0.5, 0.6) is 0 Å². The molecule has 0 aromatic rings. The Morgan fingerprint density at radius 1 is 1.09 bits per heavy atom. The highest BCUT2D eigenvalue weighted by atomic mass is 13.9. The number of hydrogen-bond donors (Lipinski definition) is 0. The first-order valence-electron chi connectivity index (χ1n) is 4.70. The smallest absolute Gasteiger partial charge is 0.0348 e. The zero-order chi connectivity index (χ0) is 8.53. The molecule has 1 radical (unpaired) electrons. The normalized spacial score (nSPS) is 9.73. The Bertz CT molecular complexity index is 96.6. The predicted octanol–water partition coefficient (Wildman–Crippen LogP) is 4.13. The molecule has 0 nitrogen and oxygen atoms in total. The molecule has 0 bridgehead atoms. The van der Waals surface area contributed by atoms with Crippen molar-refractivity contribution < 1.29 is 0 Å². The molecule has 0 spiro atoms. The van der Waals surface area contributed by atoms with Crippen LogP contribution in [0.1, 0.15) is 52.4 Å². The van der Waals surface area contributed by atoms with Gasteiger partial charge in [0.2, 0.25) is 0 Å². The topological polar surface area (TPSA) is 0 Å². The third-order valence-corrected chi connectivity index (χ3v) is 1.76. The first-order chi connectivity index (χ1) is 5.27. The van der Waals surface area contributed by atoms with Crippen LogP contribution in [-0.4, -0.2) is 0 Å². The number of allylic oxidation sites excluding steroid dienone is 2. The summed E-state index contributed by atoms with van der Waals surface area (Å²) < 4.78 is 0. The molecule has 0 fully saturated rings. The van der Waals surface area contributed by atoms with Crippen molar-refractivity contribution in [1.29, 1.82) is 0 Å². The van der Waals surface area contributed by atoms with Crippen LogP contribution in [0.4, 0.5) is 0 Å².